The molecule has 18 heavy (non-hydrogen) atoms. The first-order valence-corrected chi connectivity index (χ1v) is 5.65. The maximum atomic E-state index is 13.6. The number of anilines is 1. The average molecular weight is 262 g/mol. The molecule has 2 nitrogen and oxygen atoms in total. The van der Waals surface area contributed by atoms with Crippen LogP contribution in [0.15, 0.2) is 6.07 Å². The highest BCUT2D eigenvalue weighted by atomic mass is 19.2. The van der Waals surface area contributed by atoms with E-state index in [4.69, 9.17) is 0 Å². The molecule has 1 aliphatic rings. The zero-order chi connectivity index (χ0) is 13.5. The molecule has 0 atom stereocenters. The van der Waals surface area contributed by atoms with Crippen LogP contribution in [0.4, 0.5) is 23.2 Å². The van der Waals surface area contributed by atoms with Crippen LogP contribution in [-0.4, -0.2) is 25.2 Å². The molecule has 0 bridgehead atoms. The molecule has 1 fully saturated rings. The van der Waals surface area contributed by atoms with Gasteiger partial charge in [0.05, 0.1) is 0 Å². The van der Waals surface area contributed by atoms with Crippen LogP contribution in [-0.2, 0) is 0 Å². The summed E-state index contributed by atoms with van der Waals surface area (Å²) in [6.45, 7) is 4.75. The van der Waals surface area contributed by atoms with Gasteiger partial charge in [-0.1, -0.05) is 0 Å². The van der Waals surface area contributed by atoms with E-state index in [2.05, 4.69) is 5.32 Å². The van der Waals surface area contributed by atoms with Crippen molar-refractivity contribution in [1.29, 1.82) is 0 Å². The van der Waals surface area contributed by atoms with Gasteiger partial charge in [0.1, 0.15) is 5.69 Å². The van der Waals surface area contributed by atoms with E-state index in [1.54, 1.807) is 0 Å². The molecule has 0 aromatic heterocycles. The molecule has 0 amide bonds. The minimum atomic E-state index is -1.37. The standard InChI is InChI=1S/C12H14F4N2/c1-12(2)6-18(4-3-17-12)11-9(15)7(13)5-8(14)10(11)16/h5,17H,3-4,6H2,1-2H3. The Morgan fingerprint density at radius 1 is 1.11 bits per heavy atom. The predicted molar refractivity (Wildman–Crippen MR) is 60.6 cm³/mol. The lowest BCUT2D eigenvalue weighted by Gasteiger charge is -2.40. The van der Waals surface area contributed by atoms with Crippen molar-refractivity contribution in [1.82, 2.24) is 5.32 Å². The van der Waals surface area contributed by atoms with Crippen molar-refractivity contribution in [2.75, 3.05) is 24.5 Å². The third-order valence-corrected chi connectivity index (χ3v) is 2.98. The summed E-state index contributed by atoms with van der Waals surface area (Å²) in [5.74, 6) is -5.43. The number of halogens is 4. The smallest absolute Gasteiger partial charge is 0.185 e. The van der Waals surface area contributed by atoms with E-state index < -0.39 is 29.0 Å². The first kappa shape index (κ1) is 13.1. The van der Waals surface area contributed by atoms with Crippen LogP contribution < -0.4 is 10.2 Å². The summed E-state index contributed by atoms with van der Waals surface area (Å²) in [5.41, 5.74) is -0.998. The quantitative estimate of drug-likeness (QED) is 0.617. The lowest BCUT2D eigenvalue weighted by molar-refractivity contribution is 0.345. The van der Waals surface area contributed by atoms with E-state index in [0.29, 0.717) is 13.1 Å². The molecule has 0 saturated carbocycles. The molecule has 1 saturated heterocycles. The Morgan fingerprint density at radius 2 is 1.67 bits per heavy atom. The number of nitrogens with one attached hydrogen (secondary N) is 1. The molecule has 0 aliphatic carbocycles. The lowest BCUT2D eigenvalue weighted by atomic mass is 10.0. The van der Waals surface area contributed by atoms with Crippen molar-refractivity contribution in [3.05, 3.63) is 29.3 Å². The second-order valence-corrected chi connectivity index (χ2v) is 5.05. The van der Waals surface area contributed by atoms with Crippen LogP contribution in [0.3, 0.4) is 0 Å². The number of piperazine rings is 1. The van der Waals surface area contributed by atoms with Crippen LogP contribution >= 0.6 is 0 Å². The Kier molecular flexibility index (Phi) is 3.23. The van der Waals surface area contributed by atoms with Crippen molar-refractivity contribution in [2.24, 2.45) is 0 Å². The number of nitrogens with zero attached hydrogens (tertiary/aromatic N) is 1. The minimum Gasteiger partial charge on any atom is -0.364 e. The average Bonchev–Trinajstić information content (AvgIpc) is 2.25. The van der Waals surface area contributed by atoms with Crippen LogP contribution in [0.25, 0.3) is 0 Å². The molecule has 100 valence electrons. The van der Waals surface area contributed by atoms with E-state index in [1.807, 2.05) is 13.8 Å². The van der Waals surface area contributed by atoms with Crippen LogP contribution in [0.2, 0.25) is 0 Å². The summed E-state index contributed by atoms with van der Waals surface area (Å²) in [7, 11) is 0. The molecule has 1 heterocycles. The fourth-order valence-electron chi connectivity index (χ4n) is 2.17. The van der Waals surface area contributed by atoms with Crippen LogP contribution in [0.1, 0.15) is 13.8 Å². The van der Waals surface area contributed by atoms with Gasteiger partial charge >= 0.3 is 0 Å². The zero-order valence-electron chi connectivity index (χ0n) is 10.2. The van der Waals surface area contributed by atoms with Crippen molar-refractivity contribution in [2.45, 2.75) is 19.4 Å². The van der Waals surface area contributed by atoms with Gasteiger partial charge in [0.25, 0.3) is 0 Å². The Bertz CT molecular complexity index is 447. The molecular weight excluding hydrogens is 248 g/mol. The van der Waals surface area contributed by atoms with Crippen molar-refractivity contribution < 1.29 is 17.6 Å². The minimum absolute atomic E-state index is 0.224. The maximum Gasteiger partial charge on any atom is 0.185 e. The summed E-state index contributed by atoms with van der Waals surface area (Å²) in [6.07, 6.45) is 0. The SMILES string of the molecule is CC1(C)CN(c2c(F)c(F)cc(F)c2F)CCN1. The molecule has 0 radical (unpaired) electrons. The summed E-state index contributed by atoms with van der Waals surface area (Å²) >= 11 is 0. The third kappa shape index (κ3) is 2.29. The number of benzene rings is 1. The van der Waals surface area contributed by atoms with Gasteiger partial charge in [0.2, 0.25) is 0 Å². The van der Waals surface area contributed by atoms with E-state index in [0.717, 1.165) is 0 Å². The van der Waals surface area contributed by atoms with Crippen LogP contribution in [0.5, 0.6) is 0 Å². The Balaban J connectivity index is 2.44. The van der Waals surface area contributed by atoms with E-state index in [9.17, 15) is 17.6 Å². The predicted octanol–water partition coefficient (Wildman–Crippen LogP) is 2.43. The van der Waals surface area contributed by atoms with Gasteiger partial charge in [0.15, 0.2) is 23.3 Å². The molecule has 0 spiro atoms. The summed E-state index contributed by atoms with van der Waals surface area (Å²) < 4.78 is 53.6. The number of hydrogen-bond acceptors (Lipinski definition) is 2. The summed E-state index contributed by atoms with van der Waals surface area (Å²) in [6, 6.07) is 0.224. The van der Waals surface area contributed by atoms with Crippen molar-refractivity contribution >= 4 is 5.69 Å². The zero-order valence-corrected chi connectivity index (χ0v) is 10.2. The van der Waals surface area contributed by atoms with Gasteiger partial charge in [-0.2, -0.15) is 0 Å². The Labute approximate surface area is 103 Å². The highest BCUT2D eigenvalue weighted by molar-refractivity contribution is 5.51. The Hall–Kier alpha value is -1.30. The molecule has 6 heteroatoms. The van der Waals surface area contributed by atoms with Gasteiger partial charge in [-0.05, 0) is 13.8 Å². The van der Waals surface area contributed by atoms with Gasteiger partial charge in [0, 0.05) is 31.2 Å². The first-order valence-electron chi connectivity index (χ1n) is 5.65. The highest BCUT2D eigenvalue weighted by Gasteiger charge is 2.31. The van der Waals surface area contributed by atoms with Gasteiger partial charge in [-0.3, -0.25) is 0 Å². The van der Waals surface area contributed by atoms with E-state index in [-0.39, 0.29) is 18.2 Å². The van der Waals surface area contributed by atoms with Crippen molar-refractivity contribution in [3.8, 4) is 0 Å². The lowest BCUT2D eigenvalue weighted by Crippen LogP contribution is -2.57. The summed E-state index contributed by atoms with van der Waals surface area (Å²) in [5, 5.41) is 3.15. The molecule has 1 N–H and O–H groups in total. The molecular formula is C12H14F4N2. The summed E-state index contributed by atoms with van der Waals surface area (Å²) in [4.78, 5) is 1.33. The second-order valence-electron chi connectivity index (χ2n) is 5.05. The number of hydrogen-bond donors (Lipinski definition) is 1. The second kappa shape index (κ2) is 4.42. The molecule has 1 aliphatic heterocycles. The molecule has 1 aromatic rings. The molecule has 2 rings (SSSR count). The third-order valence-electron chi connectivity index (χ3n) is 2.98. The first-order chi connectivity index (χ1) is 8.32. The van der Waals surface area contributed by atoms with Gasteiger partial charge in [-0.15, -0.1) is 0 Å². The molecule has 1 aromatic carbocycles. The maximum absolute atomic E-state index is 13.6. The number of rotatable bonds is 1. The monoisotopic (exact) mass is 262 g/mol. The van der Waals surface area contributed by atoms with Gasteiger partial charge in [-0.25, -0.2) is 17.6 Å². The Morgan fingerprint density at radius 3 is 2.17 bits per heavy atom. The normalized spacial score (nSPS) is 19.1. The van der Waals surface area contributed by atoms with E-state index in [1.165, 1.54) is 4.90 Å². The van der Waals surface area contributed by atoms with Crippen molar-refractivity contribution in [3.63, 3.8) is 0 Å². The molecule has 0 unspecified atom stereocenters. The topological polar surface area (TPSA) is 15.3 Å². The largest absolute Gasteiger partial charge is 0.364 e. The highest BCUT2D eigenvalue weighted by Crippen LogP contribution is 2.29. The van der Waals surface area contributed by atoms with Crippen LogP contribution in [0, 0.1) is 23.3 Å². The fraction of sp³-hybridized carbons (Fsp3) is 0.500. The van der Waals surface area contributed by atoms with E-state index >= 15 is 0 Å². The fourth-order valence-corrected chi connectivity index (χ4v) is 2.17. The van der Waals surface area contributed by atoms with Gasteiger partial charge < -0.3 is 10.2 Å².